The van der Waals surface area contributed by atoms with E-state index in [0.717, 1.165) is 6.26 Å². The van der Waals surface area contributed by atoms with Crippen molar-refractivity contribution in [2.45, 2.75) is 52.5 Å². The predicted octanol–water partition coefficient (Wildman–Crippen LogP) is 2.62. The van der Waals surface area contributed by atoms with Gasteiger partial charge in [-0.25, -0.2) is 17.9 Å². The highest BCUT2D eigenvalue weighted by Gasteiger charge is 2.29. The number of esters is 1. The van der Waals surface area contributed by atoms with Gasteiger partial charge in [-0.15, -0.1) is 0 Å². The SMILES string of the molecule is CCOC(=O)C(C)Oc1c(C(=O)c2cc(C)c(S(C)(=O)=O)c(C)c2C)c(C)nn1C. The third kappa shape index (κ3) is 4.40. The van der Waals surface area contributed by atoms with Gasteiger partial charge in [0.05, 0.1) is 17.2 Å². The van der Waals surface area contributed by atoms with Crippen LogP contribution >= 0.6 is 0 Å². The molecular weight excluding hydrogens is 408 g/mol. The Morgan fingerprint density at radius 1 is 1.17 bits per heavy atom. The van der Waals surface area contributed by atoms with Gasteiger partial charge >= 0.3 is 5.97 Å². The lowest BCUT2D eigenvalue weighted by atomic mass is 9.94. The van der Waals surface area contributed by atoms with Crippen LogP contribution in [0.25, 0.3) is 0 Å². The van der Waals surface area contributed by atoms with Crippen molar-refractivity contribution in [3.8, 4) is 5.88 Å². The molecule has 0 saturated heterocycles. The topological polar surface area (TPSA) is 105 Å². The van der Waals surface area contributed by atoms with Gasteiger partial charge < -0.3 is 9.47 Å². The van der Waals surface area contributed by atoms with E-state index >= 15 is 0 Å². The standard InChI is InChI=1S/C21H28N2O6S/c1-9-28-21(25)15(6)29-20-17(14(5)22-23(20)7)18(24)16-10-11(2)19(30(8,26)27)13(4)12(16)3/h10,15H,9H2,1-8H3. The molecule has 0 radical (unpaired) electrons. The maximum absolute atomic E-state index is 13.5. The van der Waals surface area contributed by atoms with Crippen molar-refractivity contribution in [2.24, 2.45) is 7.05 Å². The maximum atomic E-state index is 13.5. The number of hydrogen-bond donors (Lipinski definition) is 0. The Kier molecular flexibility index (Phi) is 6.76. The minimum atomic E-state index is -3.44. The van der Waals surface area contributed by atoms with Crippen molar-refractivity contribution in [3.05, 3.63) is 39.6 Å². The molecule has 8 nitrogen and oxygen atoms in total. The van der Waals surface area contributed by atoms with E-state index in [-0.39, 0.29) is 28.7 Å². The van der Waals surface area contributed by atoms with Crippen LogP contribution in [-0.2, 0) is 26.4 Å². The fraction of sp³-hybridized carbons (Fsp3) is 0.476. The summed E-state index contributed by atoms with van der Waals surface area (Å²) in [5, 5.41) is 4.27. The number of ketones is 1. The number of aryl methyl sites for hydroxylation is 3. The lowest BCUT2D eigenvalue weighted by molar-refractivity contribution is -0.150. The molecule has 0 saturated carbocycles. The highest BCUT2D eigenvalue weighted by atomic mass is 32.2. The second-order valence-electron chi connectivity index (χ2n) is 7.32. The lowest BCUT2D eigenvalue weighted by Crippen LogP contribution is -2.27. The Morgan fingerprint density at radius 2 is 1.77 bits per heavy atom. The third-order valence-electron chi connectivity index (χ3n) is 4.95. The molecule has 0 spiro atoms. The van der Waals surface area contributed by atoms with Crippen molar-refractivity contribution in [2.75, 3.05) is 12.9 Å². The first-order chi connectivity index (χ1) is 13.8. The van der Waals surface area contributed by atoms with E-state index in [4.69, 9.17) is 9.47 Å². The Labute approximate surface area is 177 Å². The van der Waals surface area contributed by atoms with Gasteiger partial charge in [0, 0.05) is 18.9 Å². The van der Waals surface area contributed by atoms with Crippen LogP contribution < -0.4 is 4.74 Å². The second kappa shape index (κ2) is 8.59. The average molecular weight is 437 g/mol. The van der Waals surface area contributed by atoms with Gasteiger partial charge in [-0.05, 0) is 64.3 Å². The zero-order chi connectivity index (χ0) is 23.0. The van der Waals surface area contributed by atoms with Gasteiger partial charge in [0.25, 0.3) is 0 Å². The maximum Gasteiger partial charge on any atom is 0.347 e. The summed E-state index contributed by atoms with van der Waals surface area (Å²) in [7, 11) is -1.82. The smallest absolute Gasteiger partial charge is 0.347 e. The minimum Gasteiger partial charge on any atom is -0.463 e. The van der Waals surface area contributed by atoms with Crippen LogP contribution in [0.2, 0.25) is 0 Å². The van der Waals surface area contributed by atoms with E-state index in [1.807, 2.05) is 0 Å². The fourth-order valence-electron chi connectivity index (χ4n) is 3.51. The quantitative estimate of drug-likeness (QED) is 0.485. The summed E-state index contributed by atoms with van der Waals surface area (Å²) in [6.45, 7) is 10.2. The normalized spacial score (nSPS) is 12.5. The zero-order valence-corrected chi connectivity index (χ0v) is 19.4. The lowest BCUT2D eigenvalue weighted by Gasteiger charge is -2.17. The van der Waals surface area contributed by atoms with Crippen molar-refractivity contribution in [1.82, 2.24) is 9.78 Å². The summed E-state index contributed by atoms with van der Waals surface area (Å²) in [5.41, 5.74) is 2.62. The number of benzene rings is 1. The molecule has 9 heteroatoms. The number of hydrogen-bond acceptors (Lipinski definition) is 7. The Hall–Kier alpha value is -2.68. The largest absolute Gasteiger partial charge is 0.463 e. The van der Waals surface area contributed by atoms with E-state index in [1.54, 1.807) is 47.7 Å². The number of carbonyl (C=O) groups excluding carboxylic acids is 2. The van der Waals surface area contributed by atoms with Gasteiger partial charge in [-0.1, -0.05) is 0 Å². The van der Waals surface area contributed by atoms with E-state index in [2.05, 4.69) is 5.10 Å². The Bertz CT molecular complexity index is 1120. The minimum absolute atomic E-state index is 0.153. The van der Waals surface area contributed by atoms with E-state index < -0.39 is 21.9 Å². The van der Waals surface area contributed by atoms with Crippen LogP contribution in [-0.4, -0.2) is 48.9 Å². The molecule has 0 fully saturated rings. The molecule has 0 bridgehead atoms. The first-order valence-corrected chi connectivity index (χ1v) is 11.4. The van der Waals surface area contributed by atoms with Crippen LogP contribution in [0.4, 0.5) is 0 Å². The summed E-state index contributed by atoms with van der Waals surface area (Å²) < 4.78 is 36.4. The van der Waals surface area contributed by atoms with E-state index in [0.29, 0.717) is 27.9 Å². The van der Waals surface area contributed by atoms with Crippen molar-refractivity contribution < 1.29 is 27.5 Å². The van der Waals surface area contributed by atoms with Crippen LogP contribution in [0.1, 0.15) is 52.2 Å². The highest BCUT2D eigenvalue weighted by Crippen LogP contribution is 2.31. The van der Waals surface area contributed by atoms with E-state index in [1.165, 1.54) is 11.6 Å². The summed E-state index contributed by atoms with van der Waals surface area (Å²) in [6, 6.07) is 1.58. The molecular formula is C21H28N2O6S. The number of nitrogens with zero attached hydrogens (tertiary/aromatic N) is 2. The number of ether oxygens (including phenoxy) is 2. The molecule has 164 valence electrons. The summed E-state index contributed by atoms with van der Waals surface area (Å²) in [5.74, 6) is -0.745. The second-order valence-corrected chi connectivity index (χ2v) is 9.28. The number of carbonyl (C=O) groups is 2. The summed E-state index contributed by atoms with van der Waals surface area (Å²) in [6.07, 6.45) is 0.223. The van der Waals surface area contributed by atoms with Crippen LogP contribution in [0.5, 0.6) is 5.88 Å². The molecule has 1 aromatic carbocycles. The Balaban J connectivity index is 2.59. The molecule has 2 aromatic rings. The molecule has 1 atom stereocenters. The molecule has 0 N–H and O–H groups in total. The predicted molar refractivity (Wildman–Crippen MR) is 112 cm³/mol. The Morgan fingerprint density at radius 3 is 2.30 bits per heavy atom. The third-order valence-corrected chi connectivity index (χ3v) is 6.31. The first kappa shape index (κ1) is 23.6. The van der Waals surface area contributed by atoms with Crippen LogP contribution in [0.15, 0.2) is 11.0 Å². The van der Waals surface area contributed by atoms with Gasteiger partial charge in [0.15, 0.2) is 15.9 Å². The molecule has 0 aliphatic rings. The van der Waals surface area contributed by atoms with Gasteiger partial charge in [0.2, 0.25) is 11.7 Å². The monoisotopic (exact) mass is 436 g/mol. The highest BCUT2D eigenvalue weighted by molar-refractivity contribution is 7.90. The molecule has 30 heavy (non-hydrogen) atoms. The number of aromatic nitrogens is 2. The molecule has 1 unspecified atom stereocenters. The summed E-state index contributed by atoms with van der Waals surface area (Å²) in [4.78, 5) is 25.7. The number of rotatable bonds is 7. The van der Waals surface area contributed by atoms with Gasteiger partial charge in [-0.3, -0.25) is 4.79 Å². The molecule has 1 heterocycles. The fourth-order valence-corrected chi connectivity index (χ4v) is 4.86. The van der Waals surface area contributed by atoms with Crippen molar-refractivity contribution in [3.63, 3.8) is 0 Å². The van der Waals surface area contributed by atoms with E-state index in [9.17, 15) is 18.0 Å². The van der Waals surface area contributed by atoms with Crippen LogP contribution in [0.3, 0.4) is 0 Å². The molecule has 2 rings (SSSR count). The molecule has 0 aliphatic heterocycles. The molecule has 1 aromatic heterocycles. The summed E-state index contributed by atoms with van der Waals surface area (Å²) >= 11 is 0. The van der Waals surface area contributed by atoms with Crippen molar-refractivity contribution in [1.29, 1.82) is 0 Å². The van der Waals surface area contributed by atoms with Crippen molar-refractivity contribution >= 4 is 21.6 Å². The number of sulfone groups is 1. The molecule has 0 aliphatic carbocycles. The average Bonchev–Trinajstić information content (AvgIpc) is 2.89. The first-order valence-electron chi connectivity index (χ1n) is 9.53. The zero-order valence-electron chi connectivity index (χ0n) is 18.6. The molecule has 0 amide bonds. The van der Waals surface area contributed by atoms with Gasteiger partial charge in [0.1, 0.15) is 5.56 Å². The van der Waals surface area contributed by atoms with Crippen LogP contribution in [0, 0.1) is 27.7 Å². The van der Waals surface area contributed by atoms with Gasteiger partial charge in [-0.2, -0.15) is 5.10 Å².